The zero-order chi connectivity index (χ0) is 24.4. The molecular formula is C25H24F3N3O3. The molecular weight excluding hydrogens is 447 g/mol. The first-order valence-electron chi connectivity index (χ1n) is 11.0. The highest BCUT2D eigenvalue weighted by atomic mass is 19.2. The zero-order valence-electron chi connectivity index (χ0n) is 19.0. The summed E-state index contributed by atoms with van der Waals surface area (Å²) in [6, 6.07) is 5.34. The van der Waals surface area contributed by atoms with Crippen molar-refractivity contribution < 1.29 is 27.8 Å². The number of nitrogens with zero attached hydrogens (tertiary/aromatic N) is 2. The van der Waals surface area contributed by atoms with E-state index in [1.165, 1.54) is 12.3 Å². The highest BCUT2D eigenvalue weighted by Crippen LogP contribution is 2.51. The van der Waals surface area contributed by atoms with Crippen molar-refractivity contribution in [3.8, 4) is 5.69 Å². The second-order valence-electron chi connectivity index (χ2n) is 9.64. The molecule has 6 nitrogen and oxygen atoms in total. The molecule has 0 spiro atoms. The number of fused-ring (bicyclic) bond motifs is 2. The second-order valence-corrected chi connectivity index (χ2v) is 9.64. The average Bonchev–Trinajstić information content (AvgIpc) is 3.33. The zero-order valence-corrected chi connectivity index (χ0v) is 19.0. The third-order valence-corrected chi connectivity index (χ3v) is 6.85. The third kappa shape index (κ3) is 3.29. The number of rotatable bonds is 6. The van der Waals surface area contributed by atoms with Crippen LogP contribution in [0.3, 0.4) is 0 Å². The Bertz CT molecular complexity index is 1430. The number of aromatic amines is 1. The summed E-state index contributed by atoms with van der Waals surface area (Å²) in [5.41, 5.74) is 1.75. The number of carboxylic acid groups (broad SMARTS) is 1. The van der Waals surface area contributed by atoms with E-state index in [2.05, 4.69) is 10.2 Å². The molecule has 0 amide bonds. The monoisotopic (exact) mass is 471 g/mol. The summed E-state index contributed by atoms with van der Waals surface area (Å²) in [5.74, 6) is -4.11. The lowest BCUT2D eigenvalue weighted by atomic mass is 9.68. The number of hydrogen-bond donors (Lipinski definition) is 2. The summed E-state index contributed by atoms with van der Waals surface area (Å²) in [5, 5.41) is 17.0. The summed E-state index contributed by atoms with van der Waals surface area (Å²) in [7, 11) is 1.56. The topological polar surface area (TPSA) is 80.1 Å². The van der Waals surface area contributed by atoms with Crippen LogP contribution >= 0.6 is 0 Å². The van der Waals surface area contributed by atoms with Gasteiger partial charge in [-0.05, 0) is 42.5 Å². The fraction of sp³-hybridized carbons (Fsp3) is 0.360. The van der Waals surface area contributed by atoms with Gasteiger partial charge in [-0.15, -0.1) is 0 Å². The van der Waals surface area contributed by atoms with Gasteiger partial charge in [-0.1, -0.05) is 13.8 Å². The van der Waals surface area contributed by atoms with E-state index in [0.29, 0.717) is 46.1 Å². The lowest BCUT2D eigenvalue weighted by molar-refractivity contribution is -0.145. The van der Waals surface area contributed by atoms with Crippen molar-refractivity contribution in [1.29, 1.82) is 0 Å². The number of aliphatic carboxylic acids is 1. The van der Waals surface area contributed by atoms with Crippen molar-refractivity contribution in [3.05, 3.63) is 59.2 Å². The number of hydrogen-bond acceptors (Lipinski definition) is 3. The fourth-order valence-electron chi connectivity index (χ4n) is 5.27. The van der Waals surface area contributed by atoms with Gasteiger partial charge in [0.05, 0.1) is 24.2 Å². The number of ether oxygens (including phenoxy) is 1. The number of methoxy groups -OCH3 is 1. The highest BCUT2D eigenvalue weighted by Gasteiger charge is 2.42. The Kier molecular flexibility index (Phi) is 5.20. The minimum Gasteiger partial charge on any atom is -0.481 e. The predicted molar refractivity (Wildman–Crippen MR) is 121 cm³/mol. The molecule has 2 N–H and O–H groups in total. The predicted octanol–water partition coefficient (Wildman–Crippen LogP) is 5.43. The molecule has 34 heavy (non-hydrogen) atoms. The van der Waals surface area contributed by atoms with Crippen molar-refractivity contribution in [2.24, 2.45) is 5.92 Å². The molecule has 4 aromatic rings. The quantitative estimate of drug-likeness (QED) is 0.393. The molecule has 0 unspecified atom stereocenters. The number of benzene rings is 2. The molecule has 2 aromatic heterocycles. The van der Waals surface area contributed by atoms with E-state index in [9.17, 15) is 18.7 Å². The average molecular weight is 471 g/mol. The summed E-state index contributed by atoms with van der Waals surface area (Å²) in [6.45, 7) is 4.14. The number of halogens is 3. The van der Waals surface area contributed by atoms with Crippen LogP contribution in [0.25, 0.3) is 27.5 Å². The van der Waals surface area contributed by atoms with Crippen molar-refractivity contribution in [1.82, 2.24) is 14.8 Å². The van der Waals surface area contributed by atoms with Gasteiger partial charge in [-0.25, -0.2) is 13.2 Å². The highest BCUT2D eigenvalue weighted by molar-refractivity contribution is 6.00. The Balaban J connectivity index is 1.90. The van der Waals surface area contributed by atoms with Crippen LogP contribution in [0, 0.1) is 23.4 Å². The molecule has 9 heteroatoms. The largest absolute Gasteiger partial charge is 0.481 e. The molecule has 178 valence electrons. The van der Waals surface area contributed by atoms with Gasteiger partial charge in [0.1, 0.15) is 5.52 Å². The van der Waals surface area contributed by atoms with Gasteiger partial charge >= 0.3 is 5.97 Å². The molecule has 0 saturated heterocycles. The van der Waals surface area contributed by atoms with Crippen LogP contribution in [0.15, 0.2) is 30.5 Å². The summed E-state index contributed by atoms with van der Waals surface area (Å²) in [4.78, 5) is 11.5. The number of carbonyl (C=O) groups is 1. The standard InChI is InChI=1S/C25H24F3N3O3/c1-25(2,11-34-3)23-19(12-6-13(7-12)24(32)33)20-18(8-14-10-29-30-22(14)21(20)28)31(23)15-4-5-16(26)17(27)9-15/h4-5,8-10,12-13H,6-7,11H2,1-3H3,(H,29,30)(H,32,33). The van der Waals surface area contributed by atoms with Crippen LogP contribution in [0.1, 0.15) is 43.9 Å². The molecule has 1 fully saturated rings. The lowest BCUT2D eigenvalue weighted by Crippen LogP contribution is -2.33. The van der Waals surface area contributed by atoms with Gasteiger partial charge < -0.3 is 14.4 Å². The molecule has 1 aliphatic carbocycles. The van der Waals surface area contributed by atoms with E-state index in [0.717, 1.165) is 12.1 Å². The SMILES string of the molecule is COCC(C)(C)c1c(C2CC(C(=O)O)C2)c2c(F)c3[nH]ncc3cc2n1-c1ccc(F)c(F)c1. The third-order valence-electron chi connectivity index (χ3n) is 6.85. The maximum Gasteiger partial charge on any atom is 0.306 e. The molecule has 0 atom stereocenters. The Labute approximate surface area is 193 Å². The van der Waals surface area contributed by atoms with E-state index in [-0.39, 0.29) is 18.0 Å². The Morgan fingerprint density at radius 2 is 1.97 bits per heavy atom. The number of H-pyrrole nitrogens is 1. The minimum absolute atomic E-state index is 0.212. The maximum atomic E-state index is 16.0. The van der Waals surface area contributed by atoms with Gasteiger partial charge in [-0.2, -0.15) is 5.10 Å². The number of aromatic nitrogens is 3. The van der Waals surface area contributed by atoms with E-state index in [4.69, 9.17) is 4.74 Å². The molecule has 2 heterocycles. The van der Waals surface area contributed by atoms with Crippen molar-refractivity contribution in [3.63, 3.8) is 0 Å². The summed E-state index contributed by atoms with van der Waals surface area (Å²) >= 11 is 0. The smallest absolute Gasteiger partial charge is 0.306 e. The Morgan fingerprint density at radius 3 is 2.62 bits per heavy atom. The van der Waals surface area contributed by atoms with Gasteiger partial charge in [0.25, 0.3) is 0 Å². The van der Waals surface area contributed by atoms with Crippen LogP contribution in [-0.2, 0) is 14.9 Å². The van der Waals surface area contributed by atoms with Crippen LogP contribution in [0.2, 0.25) is 0 Å². The molecule has 0 radical (unpaired) electrons. The van der Waals surface area contributed by atoms with E-state index < -0.39 is 34.8 Å². The second kappa shape index (κ2) is 7.87. The van der Waals surface area contributed by atoms with Crippen molar-refractivity contribution in [2.75, 3.05) is 13.7 Å². The lowest BCUT2D eigenvalue weighted by Gasteiger charge is -2.36. The molecule has 5 rings (SSSR count). The van der Waals surface area contributed by atoms with Gasteiger partial charge in [0.2, 0.25) is 0 Å². The Hall–Kier alpha value is -3.33. The van der Waals surface area contributed by atoms with Crippen LogP contribution in [0.4, 0.5) is 13.2 Å². The number of carboxylic acids is 1. The normalized spacial score (nSPS) is 18.5. The van der Waals surface area contributed by atoms with E-state index >= 15 is 4.39 Å². The first kappa shape index (κ1) is 22.5. The van der Waals surface area contributed by atoms with E-state index in [1.54, 1.807) is 17.7 Å². The number of nitrogens with one attached hydrogen (secondary N) is 1. The fourth-order valence-corrected chi connectivity index (χ4v) is 5.27. The van der Waals surface area contributed by atoms with Crippen LogP contribution in [-0.4, -0.2) is 39.6 Å². The summed E-state index contributed by atoms with van der Waals surface area (Å²) in [6.07, 6.45) is 2.23. The molecule has 0 aliphatic heterocycles. The van der Waals surface area contributed by atoms with Gasteiger partial charge in [0, 0.05) is 40.7 Å². The molecule has 0 bridgehead atoms. The molecule has 1 saturated carbocycles. The van der Waals surface area contributed by atoms with Crippen molar-refractivity contribution >= 4 is 27.8 Å². The van der Waals surface area contributed by atoms with E-state index in [1.807, 2.05) is 13.8 Å². The van der Waals surface area contributed by atoms with Crippen LogP contribution in [0.5, 0.6) is 0 Å². The van der Waals surface area contributed by atoms with Gasteiger partial charge in [-0.3, -0.25) is 9.89 Å². The minimum atomic E-state index is -1.02. The maximum absolute atomic E-state index is 16.0. The van der Waals surface area contributed by atoms with Crippen molar-refractivity contribution in [2.45, 2.75) is 38.0 Å². The Morgan fingerprint density at radius 1 is 1.24 bits per heavy atom. The first-order chi connectivity index (χ1) is 16.1. The van der Waals surface area contributed by atoms with Gasteiger partial charge in [0.15, 0.2) is 17.5 Å². The first-order valence-corrected chi connectivity index (χ1v) is 11.0. The summed E-state index contributed by atoms with van der Waals surface area (Å²) < 4.78 is 51.4. The molecule has 2 aromatic carbocycles. The van der Waals surface area contributed by atoms with Crippen LogP contribution < -0.4 is 0 Å². The molecule has 1 aliphatic rings.